The summed E-state index contributed by atoms with van der Waals surface area (Å²) in [6.07, 6.45) is 3.26. The number of hydrogen-bond acceptors (Lipinski definition) is 5. The van der Waals surface area contributed by atoms with Crippen molar-refractivity contribution in [1.82, 2.24) is 4.90 Å². The minimum absolute atomic E-state index is 0.0118. The second-order valence-corrected chi connectivity index (χ2v) is 7.48. The van der Waals surface area contributed by atoms with Gasteiger partial charge in [-0.2, -0.15) is 0 Å². The van der Waals surface area contributed by atoms with E-state index >= 15 is 0 Å². The molecule has 2 heterocycles. The number of likely N-dealkylation sites (tertiary alicyclic amines) is 1. The second-order valence-electron chi connectivity index (χ2n) is 7.48. The molecule has 1 fully saturated rings. The van der Waals surface area contributed by atoms with Crippen LogP contribution in [0.25, 0.3) is 22.1 Å². The van der Waals surface area contributed by atoms with Crippen LogP contribution in [0.4, 0.5) is 0 Å². The molecule has 0 saturated carbocycles. The molecular formula is C24H25NO5. The molecular weight excluding hydrogens is 382 g/mol. The van der Waals surface area contributed by atoms with E-state index < -0.39 is 0 Å². The van der Waals surface area contributed by atoms with Crippen molar-refractivity contribution in [3.63, 3.8) is 0 Å². The van der Waals surface area contributed by atoms with Crippen LogP contribution in [-0.4, -0.2) is 37.6 Å². The fourth-order valence-corrected chi connectivity index (χ4v) is 3.85. The third kappa shape index (κ3) is 4.03. The number of ether oxygens (including phenoxy) is 2. The largest absolute Gasteiger partial charge is 0.497 e. The molecule has 0 N–H and O–H groups in total. The smallest absolute Gasteiger partial charge is 0.260 e. The van der Waals surface area contributed by atoms with Crippen molar-refractivity contribution in [2.45, 2.75) is 26.2 Å². The SMILES string of the molecule is COc1ccc(-c2c(C)oc3cc(OCC(=O)N4CCCCC4)ccc3c2=O)cc1. The Morgan fingerprint density at radius 3 is 2.43 bits per heavy atom. The van der Waals surface area contributed by atoms with Crippen molar-refractivity contribution in [3.8, 4) is 22.6 Å². The van der Waals surface area contributed by atoms with E-state index in [0.29, 0.717) is 28.0 Å². The zero-order valence-electron chi connectivity index (χ0n) is 17.3. The van der Waals surface area contributed by atoms with Gasteiger partial charge in [-0.1, -0.05) is 12.1 Å². The summed E-state index contributed by atoms with van der Waals surface area (Å²) in [6, 6.07) is 12.4. The molecule has 1 aliphatic heterocycles. The molecule has 6 heteroatoms. The summed E-state index contributed by atoms with van der Waals surface area (Å²) in [5, 5.41) is 0.473. The first-order valence-corrected chi connectivity index (χ1v) is 10.2. The summed E-state index contributed by atoms with van der Waals surface area (Å²) in [4.78, 5) is 27.2. The van der Waals surface area contributed by atoms with Gasteiger partial charge in [0.15, 0.2) is 6.61 Å². The Morgan fingerprint density at radius 2 is 1.73 bits per heavy atom. The van der Waals surface area contributed by atoms with Gasteiger partial charge in [0, 0.05) is 19.2 Å². The predicted molar refractivity (Wildman–Crippen MR) is 115 cm³/mol. The zero-order chi connectivity index (χ0) is 21.1. The number of hydrogen-bond donors (Lipinski definition) is 0. The molecule has 1 amide bonds. The molecule has 2 aromatic carbocycles. The molecule has 0 spiro atoms. The summed E-state index contributed by atoms with van der Waals surface area (Å²) in [6.45, 7) is 3.34. The maximum absolute atomic E-state index is 13.1. The highest BCUT2D eigenvalue weighted by atomic mass is 16.5. The molecule has 1 aromatic heterocycles. The summed E-state index contributed by atoms with van der Waals surface area (Å²) in [7, 11) is 1.60. The van der Waals surface area contributed by atoms with E-state index in [2.05, 4.69) is 0 Å². The Kier molecular flexibility index (Phi) is 5.74. The van der Waals surface area contributed by atoms with Crippen LogP contribution in [0.1, 0.15) is 25.0 Å². The van der Waals surface area contributed by atoms with E-state index in [1.54, 1.807) is 32.2 Å². The first kappa shape index (κ1) is 20.0. The average molecular weight is 407 g/mol. The first-order valence-electron chi connectivity index (χ1n) is 10.2. The highest BCUT2D eigenvalue weighted by Gasteiger charge is 2.18. The van der Waals surface area contributed by atoms with Gasteiger partial charge in [-0.05, 0) is 56.0 Å². The van der Waals surface area contributed by atoms with Gasteiger partial charge in [0.2, 0.25) is 5.43 Å². The number of carbonyl (C=O) groups is 1. The number of fused-ring (bicyclic) bond motifs is 1. The van der Waals surface area contributed by atoms with Gasteiger partial charge >= 0.3 is 0 Å². The number of methoxy groups -OCH3 is 1. The van der Waals surface area contributed by atoms with E-state index in [4.69, 9.17) is 13.9 Å². The van der Waals surface area contributed by atoms with E-state index in [1.807, 2.05) is 29.2 Å². The van der Waals surface area contributed by atoms with Crippen LogP contribution in [0, 0.1) is 6.92 Å². The van der Waals surface area contributed by atoms with Crippen molar-refractivity contribution < 1.29 is 18.7 Å². The molecule has 0 aliphatic carbocycles. The van der Waals surface area contributed by atoms with Gasteiger partial charge in [0.25, 0.3) is 5.91 Å². The minimum Gasteiger partial charge on any atom is -0.497 e. The fourth-order valence-electron chi connectivity index (χ4n) is 3.85. The normalized spacial score (nSPS) is 14.0. The van der Waals surface area contributed by atoms with Crippen molar-refractivity contribution in [2.75, 3.05) is 26.8 Å². The number of amides is 1. The molecule has 4 rings (SSSR count). The van der Waals surface area contributed by atoms with Gasteiger partial charge in [0.1, 0.15) is 22.8 Å². The predicted octanol–water partition coefficient (Wildman–Crippen LogP) is 4.17. The number of carbonyl (C=O) groups excluding carboxylic acids is 1. The van der Waals surface area contributed by atoms with Gasteiger partial charge in [-0.3, -0.25) is 9.59 Å². The van der Waals surface area contributed by atoms with Crippen LogP contribution in [0.3, 0.4) is 0 Å². The van der Waals surface area contributed by atoms with Crippen LogP contribution in [0.15, 0.2) is 51.7 Å². The first-order chi connectivity index (χ1) is 14.6. The fraction of sp³-hybridized carbons (Fsp3) is 0.333. The third-order valence-electron chi connectivity index (χ3n) is 5.49. The van der Waals surface area contributed by atoms with Crippen molar-refractivity contribution in [3.05, 3.63) is 58.4 Å². The number of aryl methyl sites for hydroxylation is 1. The van der Waals surface area contributed by atoms with Crippen molar-refractivity contribution >= 4 is 16.9 Å². The van der Waals surface area contributed by atoms with Crippen LogP contribution in [-0.2, 0) is 4.79 Å². The van der Waals surface area contributed by atoms with Gasteiger partial charge in [0.05, 0.1) is 18.1 Å². The van der Waals surface area contributed by atoms with E-state index in [0.717, 1.165) is 37.2 Å². The lowest BCUT2D eigenvalue weighted by Crippen LogP contribution is -2.38. The summed E-state index contributed by atoms with van der Waals surface area (Å²) < 4.78 is 16.8. The highest BCUT2D eigenvalue weighted by molar-refractivity contribution is 5.84. The Labute approximate surface area is 175 Å². The second kappa shape index (κ2) is 8.61. The monoisotopic (exact) mass is 407 g/mol. The van der Waals surface area contributed by atoms with Crippen LogP contribution >= 0.6 is 0 Å². The van der Waals surface area contributed by atoms with E-state index in [9.17, 15) is 9.59 Å². The van der Waals surface area contributed by atoms with Crippen LogP contribution in [0.2, 0.25) is 0 Å². The number of benzene rings is 2. The number of rotatable bonds is 5. The molecule has 30 heavy (non-hydrogen) atoms. The topological polar surface area (TPSA) is 69.0 Å². The lowest BCUT2D eigenvalue weighted by Gasteiger charge is -2.26. The van der Waals surface area contributed by atoms with Crippen molar-refractivity contribution in [2.24, 2.45) is 0 Å². The van der Waals surface area contributed by atoms with Gasteiger partial charge < -0.3 is 18.8 Å². The lowest BCUT2D eigenvalue weighted by atomic mass is 10.0. The molecule has 0 radical (unpaired) electrons. The quantitative estimate of drug-likeness (QED) is 0.635. The Hall–Kier alpha value is -3.28. The summed E-state index contributed by atoms with van der Waals surface area (Å²) in [5.74, 6) is 1.75. The number of piperidine rings is 1. The van der Waals surface area contributed by atoms with Crippen LogP contribution in [0.5, 0.6) is 11.5 Å². The van der Waals surface area contributed by atoms with Gasteiger partial charge in [-0.15, -0.1) is 0 Å². The maximum atomic E-state index is 13.1. The van der Waals surface area contributed by atoms with E-state index in [1.165, 1.54) is 6.42 Å². The molecule has 0 bridgehead atoms. The molecule has 6 nitrogen and oxygen atoms in total. The maximum Gasteiger partial charge on any atom is 0.260 e. The Morgan fingerprint density at radius 1 is 1.03 bits per heavy atom. The minimum atomic E-state index is -0.102. The summed E-state index contributed by atoms with van der Waals surface area (Å²) >= 11 is 0. The number of nitrogens with zero attached hydrogens (tertiary/aromatic N) is 1. The van der Waals surface area contributed by atoms with Crippen molar-refractivity contribution in [1.29, 1.82) is 0 Å². The molecule has 0 atom stereocenters. The van der Waals surface area contributed by atoms with E-state index in [-0.39, 0.29) is 17.9 Å². The van der Waals surface area contributed by atoms with Gasteiger partial charge in [-0.25, -0.2) is 0 Å². The van der Waals surface area contributed by atoms with Crippen LogP contribution < -0.4 is 14.9 Å². The lowest BCUT2D eigenvalue weighted by molar-refractivity contribution is -0.134. The highest BCUT2D eigenvalue weighted by Crippen LogP contribution is 2.27. The Bertz CT molecular complexity index is 1110. The zero-order valence-corrected chi connectivity index (χ0v) is 17.3. The Balaban J connectivity index is 1.57. The average Bonchev–Trinajstić information content (AvgIpc) is 2.78. The molecule has 1 saturated heterocycles. The molecule has 0 unspecified atom stereocenters. The molecule has 1 aliphatic rings. The molecule has 3 aromatic rings. The standard InChI is InChI=1S/C24H25NO5/c1-16-23(17-6-8-18(28-2)9-7-17)24(27)20-11-10-19(14-21(20)30-16)29-15-22(26)25-12-4-3-5-13-25/h6-11,14H,3-5,12-13,15H2,1-2H3. The summed E-state index contributed by atoms with van der Waals surface area (Å²) in [5.41, 5.74) is 1.64. The molecule has 156 valence electrons. The third-order valence-corrected chi connectivity index (χ3v) is 5.49.